The van der Waals surface area contributed by atoms with E-state index in [0.717, 1.165) is 10.9 Å². The van der Waals surface area contributed by atoms with Crippen molar-refractivity contribution >= 4 is 43.2 Å². The van der Waals surface area contributed by atoms with Crippen molar-refractivity contribution in [2.75, 3.05) is 0 Å². The van der Waals surface area contributed by atoms with Crippen molar-refractivity contribution in [2.45, 2.75) is 11.8 Å². The lowest BCUT2D eigenvalue weighted by Crippen LogP contribution is -1.89. The van der Waals surface area contributed by atoms with Crippen LogP contribution in [-0.2, 0) is 10.0 Å². The van der Waals surface area contributed by atoms with E-state index in [1.165, 1.54) is 0 Å². The number of pyridine rings is 1. The van der Waals surface area contributed by atoms with Gasteiger partial charge in [0.2, 0.25) is 0 Å². The fourth-order valence-corrected chi connectivity index (χ4v) is 2.64. The lowest BCUT2D eigenvalue weighted by molar-refractivity contribution is 0.691. The smallest absolute Gasteiger partial charge is 0.147 e. The second-order valence-corrected chi connectivity index (χ2v) is 5.29. The summed E-state index contributed by atoms with van der Waals surface area (Å²) in [6, 6.07) is 5.28. The van der Waals surface area contributed by atoms with Gasteiger partial charge in [-0.05, 0) is 41.4 Å². The van der Waals surface area contributed by atoms with Crippen molar-refractivity contribution in [3.05, 3.63) is 35.0 Å². The van der Waals surface area contributed by atoms with Gasteiger partial charge in [0, 0.05) is 11.6 Å². The average molecular weight is 260 g/mol. The number of rotatable bonds is 1. The van der Waals surface area contributed by atoms with Gasteiger partial charge in [0.25, 0.3) is 0 Å². The molecule has 2 rings (SSSR count). The molecule has 0 amide bonds. The largest absolute Gasteiger partial charge is 0.256 e. The molecule has 2 aromatic rings. The highest BCUT2D eigenvalue weighted by Gasteiger charge is 2.08. The second kappa shape index (κ2) is 4.08. The van der Waals surface area contributed by atoms with Gasteiger partial charge in [0.1, 0.15) is 10.0 Å². The Hall–Kier alpha value is -0.640. The molecule has 0 fully saturated rings. The zero-order valence-electron chi connectivity index (χ0n) is 7.83. The van der Waals surface area contributed by atoms with Crippen LogP contribution in [0.2, 0.25) is 5.02 Å². The van der Waals surface area contributed by atoms with Gasteiger partial charge in [0.15, 0.2) is 0 Å². The van der Waals surface area contributed by atoms with Crippen molar-refractivity contribution in [2.24, 2.45) is 0 Å². The number of benzene rings is 1. The predicted octanol–water partition coefficient (Wildman–Crippen LogP) is 3.46. The van der Waals surface area contributed by atoms with Gasteiger partial charge in [-0.25, -0.2) is 4.21 Å². The van der Waals surface area contributed by atoms with Crippen molar-refractivity contribution in [1.82, 2.24) is 4.98 Å². The van der Waals surface area contributed by atoms with E-state index in [1.807, 2.05) is 13.0 Å². The van der Waals surface area contributed by atoms with E-state index in [0.29, 0.717) is 15.4 Å². The van der Waals surface area contributed by atoms with Crippen LogP contribution in [0.15, 0.2) is 29.3 Å². The third kappa shape index (κ3) is 2.00. The van der Waals surface area contributed by atoms with Crippen molar-refractivity contribution < 1.29 is 4.21 Å². The molecule has 1 unspecified atom stereocenters. The van der Waals surface area contributed by atoms with Crippen LogP contribution in [0.3, 0.4) is 0 Å². The van der Waals surface area contributed by atoms with Gasteiger partial charge in [-0.1, -0.05) is 11.6 Å². The second-order valence-electron chi connectivity index (χ2n) is 3.15. The normalized spacial score (nSPS) is 13.0. The Kier molecular flexibility index (Phi) is 2.96. The molecule has 15 heavy (non-hydrogen) atoms. The van der Waals surface area contributed by atoms with Gasteiger partial charge in [-0.2, -0.15) is 0 Å². The Bertz CT molecular complexity index is 556. The molecule has 1 aromatic heterocycles. The topological polar surface area (TPSA) is 30.0 Å². The van der Waals surface area contributed by atoms with E-state index in [-0.39, 0.29) is 0 Å². The van der Waals surface area contributed by atoms with E-state index in [9.17, 15) is 4.21 Å². The quantitative estimate of drug-likeness (QED) is 0.735. The molecule has 78 valence electrons. The molecule has 1 aromatic carbocycles. The fraction of sp³-hybridized carbons (Fsp3) is 0.100. The third-order valence-corrected chi connectivity index (χ3v) is 3.77. The maximum Gasteiger partial charge on any atom is 0.147 e. The zero-order valence-corrected chi connectivity index (χ0v) is 10.2. The number of fused-ring (bicyclic) bond motifs is 1. The predicted molar refractivity (Wildman–Crippen MR) is 63.8 cm³/mol. The number of nitrogens with zero attached hydrogens (tertiary/aromatic N) is 1. The Labute approximate surface area is 99.2 Å². The average Bonchev–Trinajstić information content (AvgIpc) is 2.18. The van der Waals surface area contributed by atoms with Crippen LogP contribution in [0.1, 0.15) is 5.56 Å². The van der Waals surface area contributed by atoms with Crippen LogP contribution >= 0.6 is 22.3 Å². The van der Waals surface area contributed by atoms with Crippen molar-refractivity contribution in [3.8, 4) is 0 Å². The van der Waals surface area contributed by atoms with Crippen LogP contribution < -0.4 is 0 Å². The van der Waals surface area contributed by atoms with E-state index >= 15 is 0 Å². The maximum atomic E-state index is 11.2. The summed E-state index contributed by atoms with van der Waals surface area (Å²) in [7, 11) is 4.05. The summed E-state index contributed by atoms with van der Waals surface area (Å²) < 4.78 is 11.2. The Morgan fingerprint density at radius 1 is 1.40 bits per heavy atom. The Morgan fingerprint density at radius 2 is 2.13 bits per heavy atom. The molecule has 0 aliphatic heterocycles. The van der Waals surface area contributed by atoms with Gasteiger partial charge in [-0.3, -0.25) is 4.98 Å². The minimum absolute atomic E-state index is 0.582. The summed E-state index contributed by atoms with van der Waals surface area (Å²) in [5, 5.41) is 1.48. The highest BCUT2D eigenvalue weighted by Crippen LogP contribution is 2.26. The zero-order chi connectivity index (χ0) is 11.0. The number of hydrogen-bond acceptors (Lipinski definition) is 2. The minimum atomic E-state index is -1.51. The van der Waals surface area contributed by atoms with Crippen LogP contribution in [0, 0.1) is 6.92 Å². The highest BCUT2D eigenvalue weighted by atomic mass is 35.7. The van der Waals surface area contributed by atoms with E-state index < -0.39 is 10.0 Å². The summed E-state index contributed by atoms with van der Waals surface area (Å²) in [6.07, 6.45) is 1.61. The van der Waals surface area contributed by atoms with Crippen LogP contribution in [0.25, 0.3) is 10.9 Å². The Balaban J connectivity index is 2.82. The molecule has 5 heteroatoms. The summed E-state index contributed by atoms with van der Waals surface area (Å²) in [6.45, 7) is 1.85. The molecule has 0 saturated heterocycles. The first-order valence-electron chi connectivity index (χ1n) is 4.22. The SMILES string of the molecule is Cc1cc2c(Cl)ccnc2cc1S(=O)Cl. The first-order valence-corrected chi connectivity index (χ1v) is 6.58. The van der Waals surface area contributed by atoms with Crippen molar-refractivity contribution in [1.29, 1.82) is 0 Å². The van der Waals surface area contributed by atoms with E-state index in [4.69, 9.17) is 22.3 Å². The molecule has 1 heterocycles. The third-order valence-electron chi connectivity index (χ3n) is 2.16. The van der Waals surface area contributed by atoms with Gasteiger partial charge in [0.05, 0.1) is 15.4 Å². The molecule has 0 bridgehead atoms. The van der Waals surface area contributed by atoms with E-state index in [2.05, 4.69) is 4.98 Å². The molecule has 0 N–H and O–H groups in total. The molecule has 0 spiro atoms. The molecule has 1 atom stereocenters. The number of aryl methyl sites for hydroxylation is 1. The maximum absolute atomic E-state index is 11.2. The number of aromatic nitrogens is 1. The molecule has 0 aliphatic rings. The molecule has 0 saturated carbocycles. The summed E-state index contributed by atoms with van der Waals surface area (Å²) >= 11 is 6.01. The number of halogens is 2. The first kappa shape index (κ1) is 10.9. The monoisotopic (exact) mass is 259 g/mol. The van der Waals surface area contributed by atoms with Gasteiger partial charge in [-0.15, -0.1) is 0 Å². The van der Waals surface area contributed by atoms with Crippen molar-refractivity contribution in [3.63, 3.8) is 0 Å². The lowest BCUT2D eigenvalue weighted by atomic mass is 10.1. The van der Waals surface area contributed by atoms with Crippen LogP contribution in [0.5, 0.6) is 0 Å². The summed E-state index contributed by atoms with van der Waals surface area (Å²) in [5.41, 5.74) is 1.56. The molecule has 2 nitrogen and oxygen atoms in total. The van der Waals surface area contributed by atoms with Crippen LogP contribution in [0.4, 0.5) is 0 Å². The summed E-state index contributed by atoms with van der Waals surface area (Å²) in [4.78, 5) is 4.73. The Morgan fingerprint density at radius 3 is 2.80 bits per heavy atom. The van der Waals surface area contributed by atoms with E-state index in [1.54, 1.807) is 18.3 Å². The van der Waals surface area contributed by atoms with Gasteiger partial charge < -0.3 is 0 Å². The molecule has 0 aliphatic carbocycles. The van der Waals surface area contributed by atoms with Gasteiger partial charge >= 0.3 is 0 Å². The fourth-order valence-electron chi connectivity index (χ4n) is 1.42. The summed E-state index contributed by atoms with van der Waals surface area (Å²) in [5.74, 6) is 0. The molecular formula is C10H7Cl2NOS. The lowest BCUT2D eigenvalue weighted by Gasteiger charge is -2.04. The standard InChI is InChI=1S/C10H7Cl2NOS/c1-6-4-7-8(11)2-3-13-9(7)5-10(6)15(12)14/h2-5H,1H3. The first-order chi connectivity index (χ1) is 7.09. The highest BCUT2D eigenvalue weighted by molar-refractivity contribution is 8.08. The number of hydrogen-bond donors (Lipinski definition) is 0. The minimum Gasteiger partial charge on any atom is -0.256 e. The van der Waals surface area contributed by atoms with Crippen LogP contribution in [-0.4, -0.2) is 9.19 Å². The molecule has 0 radical (unpaired) electrons. The molecular weight excluding hydrogens is 253 g/mol.